The van der Waals surface area contributed by atoms with Crippen LogP contribution >= 0.6 is 12.4 Å². The largest absolute Gasteiger partial charge is 0.573 e. The highest BCUT2D eigenvalue weighted by Crippen LogP contribution is 2.32. The molecule has 0 radical (unpaired) electrons. The molecule has 0 unspecified atom stereocenters. The van der Waals surface area contributed by atoms with Crippen LogP contribution in [0.3, 0.4) is 0 Å². The first-order chi connectivity index (χ1) is 10.8. The van der Waals surface area contributed by atoms with Gasteiger partial charge in [0.2, 0.25) is 5.91 Å². The van der Waals surface area contributed by atoms with E-state index in [9.17, 15) is 18.0 Å². The number of benzene rings is 1. The molecule has 1 aromatic carbocycles. The van der Waals surface area contributed by atoms with Gasteiger partial charge in [-0.25, -0.2) is 0 Å². The van der Waals surface area contributed by atoms with E-state index in [0.29, 0.717) is 25.9 Å². The number of alkyl halides is 3. The summed E-state index contributed by atoms with van der Waals surface area (Å²) in [6, 6.07) is 5.23. The molecule has 2 rings (SSSR count). The third-order valence-electron chi connectivity index (χ3n) is 3.79. The van der Waals surface area contributed by atoms with Crippen molar-refractivity contribution < 1.29 is 27.4 Å². The van der Waals surface area contributed by atoms with Gasteiger partial charge in [0.15, 0.2) is 0 Å². The zero-order valence-electron chi connectivity index (χ0n) is 13.1. The summed E-state index contributed by atoms with van der Waals surface area (Å²) in [6.07, 6.45) is -3.56. The Morgan fingerprint density at radius 3 is 2.58 bits per heavy atom. The molecular weight excluding hydrogens is 349 g/mol. The average molecular weight is 369 g/mol. The Bertz CT molecular complexity index is 544. The first-order valence-corrected chi connectivity index (χ1v) is 7.22. The number of nitrogens with one attached hydrogen (secondary N) is 2. The molecule has 0 aliphatic carbocycles. The van der Waals surface area contributed by atoms with Crippen LogP contribution in [0.4, 0.5) is 18.9 Å². The van der Waals surface area contributed by atoms with Crippen molar-refractivity contribution in [1.82, 2.24) is 5.32 Å². The second kappa shape index (κ2) is 8.55. The van der Waals surface area contributed by atoms with E-state index in [1.165, 1.54) is 25.3 Å². The summed E-state index contributed by atoms with van der Waals surface area (Å²) in [4.78, 5) is 12.6. The maximum absolute atomic E-state index is 12.6. The number of hydrogen-bond donors (Lipinski definition) is 2. The molecule has 1 fully saturated rings. The highest BCUT2D eigenvalue weighted by atomic mass is 35.5. The molecule has 5 nitrogen and oxygen atoms in total. The van der Waals surface area contributed by atoms with Crippen LogP contribution < -0.4 is 15.4 Å². The van der Waals surface area contributed by atoms with Crippen molar-refractivity contribution in [2.45, 2.75) is 19.2 Å². The summed E-state index contributed by atoms with van der Waals surface area (Å²) in [5, 5.41) is 5.84. The van der Waals surface area contributed by atoms with Crippen molar-refractivity contribution in [2.75, 3.05) is 32.1 Å². The fourth-order valence-electron chi connectivity index (χ4n) is 2.65. The maximum Gasteiger partial charge on any atom is 0.573 e. The third kappa shape index (κ3) is 5.54. The molecule has 1 amide bonds. The van der Waals surface area contributed by atoms with Crippen molar-refractivity contribution in [3.63, 3.8) is 0 Å². The van der Waals surface area contributed by atoms with Crippen molar-refractivity contribution in [3.8, 4) is 5.75 Å². The predicted octanol–water partition coefficient (Wildman–Crippen LogP) is 2.96. The van der Waals surface area contributed by atoms with E-state index >= 15 is 0 Å². The van der Waals surface area contributed by atoms with Gasteiger partial charge in [-0.3, -0.25) is 4.79 Å². The standard InChI is InChI=1S/C15H19F3N2O3.ClH/c1-22-10-14(5-7-19-8-6-14)13(21)20-11-3-2-4-12(9-11)23-15(16,17)18;/h2-4,9,19H,5-8,10H2,1H3,(H,20,21);1H. The molecule has 0 spiro atoms. The van der Waals surface area contributed by atoms with Gasteiger partial charge >= 0.3 is 6.36 Å². The zero-order valence-corrected chi connectivity index (χ0v) is 13.9. The number of carbonyl (C=O) groups is 1. The molecule has 1 aromatic rings. The quantitative estimate of drug-likeness (QED) is 0.839. The SMILES string of the molecule is COCC1(C(=O)Nc2cccc(OC(F)(F)F)c2)CCNCC1.Cl. The lowest BCUT2D eigenvalue weighted by Gasteiger charge is -2.35. The van der Waals surface area contributed by atoms with E-state index in [1.807, 2.05) is 0 Å². The van der Waals surface area contributed by atoms with Gasteiger partial charge in [-0.2, -0.15) is 0 Å². The summed E-state index contributed by atoms with van der Waals surface area (Å²) in [5.41, 5.74) is -0.424. The van der Waals surface area contributed by atoms with Crippen molar-refractivity contribution in [3.05, 3.63) is 24.3 Å². The Hall–Kier alpha value is -1.51. The number of halogens is 4. The van der Waals surface area contributed by atoms with E-state index in [0.717, 1.165) is 6.07 Å². The first kappa shape index (κ1) is 20.5. The molecule has 0 saturated carbocycles. The molecule has 1 aliphatic rings. The Balaban J connectivity index is 0.00000288. The van der Waals surface area contributed by atoms with Gasteiger partial charge in [-0.1, -0.05) is 6.07 Å². The van der Waals surface area contributed by atoms with Crippen LogP contribution in [0.15, 0.2) is 24.3 Å². The van der Waals surface area contributed by atoms with Gasteiger partial charge in [0.1, 0.15) is 5.75 Å². The van der Waals surface area contributed by atoms with Gasteiger partial charge in [0.25, 0.3) is 0 Å². The molecule has 1 heterocycles. The maximum atomic E-state index is 12.6. The van der Waals surface area contributed by atoms with Crippen LogP contribution in [0, 0.1) is 5.41 Å². The second-order valence-corrected chi connectivity index (χ2v) is 5.49. The number of methoxy groups -OCH3 is 1. The van der Waals surface area contributed by atoms with Gasteiger partial charge in [0, 0.05) is 18.9 Å². The minimum atomic E-state index is -4.77. The molecule has 1 aliphatic heterocycles. The number of amides is 1. The highest BCUT2D eigenvalue weighted by molar-refractivity contribution is 5.95. The molecule has 1 saturated heterocycles. The number of anilines is 1. The molecule has 0 bridgehead atoms. The van der Waals surface area contributed by atoms with Gasteiger partial charge in [-0.15, -0.1) is 25.6 Å². The van der Waals surface area contributed by atoms with Gasteiger partial charge in [0.05, 0.1) is 12.0 Å². The summed E-state index contributed by atoms with van der Waals surface area (Å²) < 4.78 is 45.8. The average Bonchev–Trinajstić information content (AvgIpc) is 2.47. The second-order valence-electron chi connectivity index (χ2n) is 5.49. The molecule has 2 N–H and O–H groups in total. The summed E-state index contributed by atoms with van der Waals surface area (Å²) >= 11 is 0. The Morgan fingerprint density at radius 1 is 1.33 bits per heavy atom. The monoisotopic (exact) mass is 368 g/mol. The number of rotatable bonds is 5. The lowest BCUT2D eigenvalue weighted by molar-refractivity contribution is -0.274. The number of carbonyl (C=O) groups excluding carboxylic acids is 1. The Morgan fingerprint density at radius 2 is 2.00 bits per heavy atom. The topological polar surface area (TPSA) is 59.6 Å². The minimum Gasteiger partial charge on any atom is -0.406 e. The van der Waals surface area contributed by atoms with Crippen LogP contribution in [-0.2, 0) is 9.53 Å². The van der Waals surface area contributed by atoms with Crippen molar-refractivity contribution >= 4 is 24.0 Å². The lowest BCUT2D eigenvalue weighted by atomic mass is 9.78. The van der Waals surface area contributed by atoms with Crippen LogP contribution in [0.1, 0.15) is 12.8 Å². The van der Waals surface area contributed by atoms with E-state index in [2.05, 4.69) is 15.4 Å². The van der Waals surface area contributed by atoms with Crippen LogP contribution in [-0.4, -0.2) is 39.1 Å². The molecular formula is C15H20ClF3N2O3. The smallest absolute Gasteiger partial charge is 0.406 e. The lowest BCUT2D eigenvalue weighted by Crippen LogP contribution is -2.47. The zero-order chi connectivity index (χ0) is 16.9. The minimum absolute atomic E-state index is 0. The van der Waals surface area contributed by atoms with E-state index < -0.39 is 11.8 Å². The number of hydrogen-bond acceptors (Lipinski definition) is 4. The predicted molar refractivity (Wildman–Crippen MR) is 85.4 cm³/mol. The molecule has 9 heteroatoms. The van der Waals surface area contributed by atoms with E-state index in [-0.39, 0.29) is 36.4 Å². The summed E-state index contributed by atoms with van der Waals surface area (Å²) in [6.45, 7) is 1.64. The fraction of sp³-hybridized carbons (Fsp3) is 0.533. The first-order valence-electron chi connectivity index (χ1n) is 7.22. The Kier molecular flexibility index (Phi) is 7.31. The van der Waals surface area contributed by atoms with E-state index in [4.69, 9.17) is 4.74 Å². The van der Waals surface area contributed by atoms with Crippen molar-refractivity contribution in [1.29, 1.82) is 0 Å². The Labute approximate surface area is 144 Å². The van der Waals surface area contributed by atoms with E-state index in [1.54, 1.807) is 0 Å². The molecule has 136 valence electrons. The fourth-order valence-corrected chi connectivity index (χ4v) is 2.65. The van der Waals surface area contributed by atoms with Gasteiger partial charge in [-0.05, 0) is 38.1 Å². The van der Waals surface area contributed by atoms with Crippen LogP contribution in [0.2, 0.25) is 0 Å². The molecule has 0 atom stereocenters. The van der Waals surface area contributed by atoms with Crippen molar-refractivity contribution in [2.24, 2.45) is 5.41 Å². The number of piperidine rings is 1. The molecule has 24 heavy (non-hydrogen) atoms. The summed E-state index contributed by atoms with van der Waals surface area (Å²) in [5.74, 6) is -0.633. The molecule has 0 aromatic heterocycles. The third-order valence-corrected chi connectivity index (χ3v) is 3.79. The van der Waals surface area contributed by atoms with Crippen LogP contribution in [0.5, 0.6) is 5.75 Å². The van der Waals surface area contributed by atoms with Gasteiger partial charge < -0.3 is 20.1 Å². The van der Waals surface area contributed by atoms with Crippen LogP contribution in [0.25, 0.3) is 0 Å². The number of ether oxygens (including phenoxy) is 2. The highest BCUT2D eigenvalue weighted by Gasteiger charge is 2.39. The normalized spacial score (nSPS) is 16.8. The summed E-state index contributed by atoms with van der Waals surface area (Å²) in [7, 11) is 1.52.